The topological polar surface area (TPSA) is 86.6 Å². The highest BCUT2D eigenvalue weighted by Crippen LogP contribution is 2.47. The molecule has 47 heavy (non-hydrogen) atoms. The van der Waals surface area contributed by atoms with Gasteiger partial charge < -0.3 is 20.1 Å². The largest absolute Gasteiger partial charge is 0.508 e. The summed E-state index contributed by atoms with van der Waals surface area (Å²) in [5.74, 6) is -1.43. The molecule has 3 saturated heterocycles. The van der Waals surface area contributed by atoms with E-state index in [0.717, 1.165) is 25.7 Å². The van der Waals surface area contributed by atoms with E-state index in [-0.39, 0.29) is 76.6 Å². The first-order valence-electron chi connectivity index (χ1n) is 16.1. The lowest BCUT2D eigenvalue weighted by atomic mass is 9.96. The summed E-state index contributed by atoms with van der Waals surface area (Å²) in [7, 11) is 0. The van der Waals surface area contributed by atoms with Crippen molar-refractivity contribution in [2.45, 2.75) is 56.5 Å². The maximum Gasteiger partial charge on any atom is 0.319 e. The molecule has 0 radical (unpaired) electrons. The number of likely N-dealkylation sites (tertiary alicyclic amines) is 1. The quantitative estimate of drug-likeness (QED) is 0.197. The number of nitrogens with zero attached hydrogens (tertiary/aromatic N) is 5. The Balaban J connectivity index is 1.20. The minimum absolute atomic E-state index is 0.0131. The molecule has 3 aliphatic heterocycles. The summed E-state index contributed by atoms with van der Waals surface area (Å²) < 4.78 is 66.0. The Morgan fingerprint density at radius 3 is 2.60 bits per heavy atom. The first kappa shape index (κ1) is 30.1. The lowest BCUT2D eigenvalue weighted by molar-refractivity contribution is -0.0694. The number of hydrogen-bond donors (Lipinski definition) is 2. The van der Waals surface area contributed by atoms with Gasteiger partial charge in [0, 0.05) is 60.7 Å². The number of pyridine rings is 1. The van der Waals surface area contributed by atoms with Crippen LogP contribution in [0.2, 0.25) is 0 Å². The second-order valence-corrected chi connectivity index (χ2v) is 13.7. The van der Waals surface area contributed by atoms with Crippen LogP contribution in [-0.2, 0) is 0 Å². The zero-order chi connectivity index (χ0) is 32.5. The van der Waals surface area contributed by atoms with Gasteiger partial charge in [-0.3, -0.25) is 9.88 Å². The highest BCUT2D eigenvalue weighted by atomic mass is 19.3. The highest BCUT2D eigenvalue weighted by Gasteiger charge is 2.47. The van der Waals surface area contributed by atoms with Crippen molar-refractivity contribution in [3.8, 4) is 35.4 Å². The summed E-state index contributed by atoms with van der Waals surface area (Å²) in [5, 5.41) is 15.2. The van der Waals surface area contributed by atoms with Crippen LogP contribution in [0, 0.1) is 29.4 Å². The number of hydrogen-bond acceptors (Lipinski definition) is 8. The summed E-state index contributed by atoms with van der Waals surface area (Å²) in [5.41, 5.74) is -0.413. The lowest BCUT2D eigenvalue weighted by Gasteiger charge is -2.35. The molecule has 2 N–H and O–H groups in total. The normalized spacial score (nSPS) is 23.3. The van der Waals surface area contributed by atoms with Gasteiger partial charge in [-0.2, -0.15) is 9.97 Å². The summed E-state index contributed by atoms with van der Waals surface area (Å²) in [6.45, 7) is 2.41. The van der Waals surface area contributed by atoms with Gasteiger partial charge in [-0.15, -0.1) is 6.42 Å². The fourth-order valence-corrected chi connectivity index (χ4v) is 7.64. The number of terminal acetylenes is 1. The SMILES string of the molecule is C#Cc1c(F)ccc2cc(O)cc(-c3ncc4c(N5CC6CCC(C5)N6)nc(OCC5(CN6CCCC(F)(F)C6)CC5)nc4c3F)c12. The van der Waals surface area contributed by atoms with Gasteiger partial charge in [0.2, 0.25) is 0 Å². The second kappa shape index (κ2) is 11.2. The van der Waals surface area contributed by atoms with Gasteiger partial charge in [0.1, 0.15) is 28.6 Å². The number of phenols is 1. The van der Waals surface area contributed by atoms with E-state index in [0.29, 0.717) is 49.2 Å². The van der Waals surface area contributed by atoms with Crippen molar-refractivity contribution in [3.63, 3.8) is 0 Å². The molecule has 2 aromatic carbocycles. The third-order valence-electron chi connectivity index (χ3n) is 10.1. The molecular formula is C35H34F4N6O2. The Morgan fingerprint density at radius 1 is 1.09 bits per heavy atom. The monoisotopic (exact) mass is 646 g/mol. The van der Waals surface area contributed by atoms with Crippen molar-refractivity contribution in [3.05, 3.63) is 47.7 Å². The molecule has 4 aromatic rings. The summed E-state index contributed by atoms with van der Waals surface area (Å²) in [6, 6.07) is 5.95. The minimum atomic E-state index is -2.69. The molecule has 1 aliphatic carbocycles. The first-order valence-corrected chi connectivity index (χ1v) is 16.1. The van der Waals surface area contributed by atoms with Crippen molar-refractivity contribution in [2.24, 2.45) is 5.41 Å². The number of nitrogens with one attached hydrogen (secondary N) is 1. The van der Waals surface area contributed by atoms with Crippen molar-refractivity contribution < 1.29 is 27.4 Å². The number of anilines is 1. The summed E-state index contributed by atoms with van der Waals surface area (Å²) in [6.07, 6.45) is 11.3. The number of aromatic hydroxyl groups is 1. The number of rotatable bonds is 7. The highest BCUT2D eigenvalue weighted by molar-refractivity contribution is 6.03. The van der Waals surface area contributed by atoms with E-state index < -0.39 is 17.6 Å². The predicted octanol–water partition coefficient (Wildman–Crippen LogP) is 5.64. The number of alkyl halides is 2. The number of piperazine rings is 1. The van der Waals surface area contributed by atoms with Gasteiger partial charge in [-0.1, -0.05) is 12.0 Å². The number of ether oxygens (including phenoxy) is 1. The van der Waals surface area contributed by atoms with Crippen molar-refractivity contribution in [2.75, 3.05) is 44.2 Å². The molecule has 2 aromatic heterocycles. The van der Waals surface area contributed by atoms with Crippen molar-refractivity contribution in [1.82, 2.24) is 25.2 Å². The van der Waals surface area contributed by atoms with Crippen LogP contribution in [0.25, 0.3) is 32.9 Å². The van der Waals surface area contributed by atoms with Crippen LogP contribution in [0.3, 0.4) is 0 Å². The maximum atomic E-state index is 16.8. The third-order valence-corrected chi connectivity index (χ3v) is 10.1. The predicted molar refractivity (Wildman–Crippen MR) is 170 cm³/mol. The Labute approximate surface area is 269 Å². The zero-order valence-corrected chi connectivity index (χ0v) is 25.7. The van der Waals surface area contributed by atoms with Crippen LogP contribution in [0.15, 0.2) is 30.5 Å². The van der Waals surface area contributed by atoms with Gasteiger partial charge in [0.15, 0.2) is 5.82 Å². The molecular weight excluding hydrogens is 612 g/mol. The molecule has 4 fully saturated rings. The Morgan fingerprint density at radius 2 is 1.87 bits per heavy atom. The van der Waals surface area contributed by atoms with Crippen molar-refractivity contribution >= 4 is 27.5 Å². The number of piperidine rings is 1. The maximum absolute atomic E-state index is 16.8. The van der Waals surface area contributed by atoms with Crippen LogP contribution >= 0.6 is 0 Å². The van der Waals surface area contributed by atoms with E-state index >= 15 is 4.39 Å². The van der Waals surface area contributed by atoms with Crippen LogP contribution in [0.5, 0.6) is 11.8 Å². The molecule has 4 aliphatic rings. The van der Waals surface area contributed by atoms with Gasteiger partial charge in [-0.05, 0) is 62.2 Å². The lowest BCUT2D eigenvalue weighted by Crippen LogP contribution is -2.51. The molecule has 5 heterocycles. The molecule has 2 atom stereocenters. The van der Waals surface area contributed by atoms with Crippen molar-refractivity contribution in [1.29, 1.82) is 0 Å². The molecule has 8 rings (SSSR count). The third kappa shape index (κ3) is 5.59. The Hall–Kier alpha value is -4.21. The summed E-state index contributed by atoms with van der Waals surface area (Å²) >= 11 is 0. The number of benzene rings is 2. The minimum Gasteiger partial charge on any atom is -0.508 e. The standard InChI is InChI=1S/C35H34F4N6O2/c1-2-24-27(36)7-4-20-12-23(46)13-25(28(20)24)30-29(37)31-26(14-40-30)32(45-15-21-5-6-22(16-45)41-21)43-33(42-31)47-19-34(9-10-34)17-44-11-3-8-35(38,39)18-44/h1,4,7,12-14,21-22,41,46H,3,5-6,8-11,15-19H2. The molecule has 2 unspecified atom stereocenters. The molecule has 0 spiro atoms. The van der Waals surface area contributed by atoms with E-state index in [9.17, 15) is 18.3 Å². The molecule has 244 valence electrons. The van der Waals surface area contributed by atoms with Crippen LogP contribution in [0.4, 0.5) is 23.4 Å². The zero-order valence-electron chi connectivity index (χ0n) is 25.7. The van der Waals surface area contributed by atoms with E-state index in [2.05, 4.69) is 26.1 Å². The Bertz CT molecular complexity index is 1930. The second-order valence-electron chi connectivity index (χ2n) is 13.7. The van der Waals surface area contributed by atoms with E-state index in [4.69, 9.17) is 16.1 Å². The van der Waals surface area contributed by atoms with E-state index in [1.165, 1.54) is 30.5 Å². The van der Waals surface area contributed by atoms with Gasteiger partial charge in [-0.25, -0.2) is 17.6 Å². The van der Waals surface area contributed by atoms with Gasteiger partial charge >= 0.3 is 6.01 Å². The number of halogens is 4. The molecule has 2 bridgehead atoms. The van der Waals surface area contributed by atoms with E-state index in [1.807, 2.05) is 4.90 Å². The van der Waals surface area contributed by atoms with Crippen LogP contribution < -0.4 is 15.0 Å². The molecule has 8 nitrogen and oxygen atoms in total. The summed E-state index contributed by atoms with van der Waals surface area (Å²) in [4.78, 5) is 17.7. The average Bonchev–Trinajstić information content (AvgIpc) is 3.72. The number of fused-ring (bicyclic) bond motifs is 4. The molecule has 1 saturated carbocycles. The fourth-order valence-electron chi connectivity index (χ4n) is 7.64. The fraction of sp³-hybridized carbons (Fsp3) is 0.457. The van der Waals surface area contributed by atoms with E-state index in [1.54, 1.807) is 0 Å². The first-order chi connectivity index (χ1) is 22.6. The Kier molecular flexibility index (Phi) is 7.18. The van der Waals surface area contributed by atoms with Crippen LogP contribution in [-0.4, -0.2) is 82.3 Å². The average molecular weight is 647 g/mol. The number of phenolic OH excluding ortho intramolecular Hbond substituents is 1. The van der Waals surface area contributed by atoms with Gasteiger partial charge in [0.25, 0.3) is 5.92 Å². The van der Waals surface area contributed by atoms with Crippen LogP contribution in [0.1, 0.15) is 44.1 Å². The smallest absolute Gasteiger partial charge is 0.319 e. The van der Waals surface area contributed by atoms with Gasteiger partial charge in [0.05, 0.1) is 24.1 Å². The number of aromatic nitrogens is 3. The molecule has 0 amide bonds. The molecule has 12 heteroatoms.